The molecular formula is C19H20FN5O. The third kappa shape index (κ3) is 3.06. The second-order valence-corrected chi connectivity index (χ2v) is 6.54. The van der Waals surface area contributed by atoms with Crippen LogP contribution in [0, 0.1) is 5.95 Å². The Morgan fingerprint density at radius 3 is 2.88 bits per heavy atom. The van der Waals surface area contributed by atoms with Gasteiger partial charge in [0, 0.05) is 30.2 Å². The first-order chi connectivity index (χ1) is 12.6. The third-order valence-corrected chi connectivity index (χ3v) is 4.81. The fourth-order valence-corrected chi connectivity index (χ4v) is 3.42. The molecule has 0 radical (unpaired) electrons. The van der Waals surface area contributed by atoms with Gasteiger partial charge in [0.15, 0.2) is 5.69 Å². The highest BCUT2D eigenvalue weighted by Gasteiger charge is 2.21. The molecule has 1 fully saturated rings. The highest BCUT2D eigenvalue weighted by molar-refractivity contribution is 6.06. The minimum absolute atomic E-state index is 0.153. The van der Waals surface area contributed by atoms with Gasteiger partial charge in [-0.2, -0.15) is 9.49 Å². The SMILES string of the molecule is Cn1nc(C(=O)NC2CCNCC2)c2cc(-c3cccnc3F)ccc21. The zero-order valence-electron chi connectivity index (χ0n) is 14.5. The molecule has 1 saturated heterocycles. The number of nitrogens with one attached hydrogen (secondary N) is 2. The molecule has 3 heterocycles. The van der Waals surface area contributed by atoms with E-state index in [2.05, 4.69) is 20.7 Å². The summed E-state index contributed by atoms with van der Waals surface area (Å²) in [7, 11) is 1.80. The third-order valence-electron chi connectivity index (χ3n) is 4.81. The smallest absolute Gasteiger partial charge is 0.272 e. The molecule has 2 N–H and O–H groups in total. The molecule has 2 aromatic heterocycles. The van der Waals surface area contributed by atoms with Gasteiger partial charge in [-0.25, -0.2) is 4.98 Å². The lowest BCUT2D eigenvalue weighted by Crippen LogP contribution is -2.42. The van der Waals surface area contributed by atoms with E-state index in [-0.39, 0.29) is 11.9 Å². The van der Waals surface area contributed by atoms with Crippen molar-refractivity contribution in [3.63, 3.8) is 0 Å². The number of fused-ring (bicyclic) bond motifs is 1. The van der Waals surface area contributed by atoms with Crippen molar-refractivity contribution in [2.75, 3.05) is 13.1 Å². The molecule has 0 bridgehead atoms. The van der Waals surface area contributed by atoms with Crippen LogP contribution >= 0.6 is 0 Å². The first kappa shape index (κ1) is 16.7. The molecule has 1 amide bonds. The molecule has 26 heavy (non-hydrogen) atoms. The Balaban J connectivity index is 1.71. The van der Waals surface area contributed by atoms with Crippen molar-refractivity contribution in [1.29, 1.82) is 0 Å². The molecular weight excluding hydrogens is 333 g/mol. The van der Waals surface area contributed by atoms with Crippen molar-refractivity contribution in [2.45, 2.75) is 18.9 Å². The van der Waals surface area contributed by atoms with Crippen LogP contribution in [-0.4, -0.2) is 39.8 Å². The van der Waals surface area contributed by atoms with Crippen LogP contribution in [0.25, 0.3) is 22.0 Å². The average Bonchev–Trinajstić information content (AvgIpc) is 2.99. The average molecular weight is 353 g/mol. The van der Waals surface area contributed by atoms with Gasteiger partial charge < -0.3 is 10.6 Å². The van der Waals surface area contributed by atoms with Crippen molar-refractivity contribution < 1.29 is 9.18 Å². The Morgan fingerprint density at radius 1 is 1.31 bits per heavy atom. The van der Waals surface area contributed by atoms with Gasteiger partial charge in [0.2, 0.25) is 5.95 Å². The second kappa shape index (κ2) is 6.84. The fraction of sp³-hybridized carbons (Fsp3) is 0.316. The van der Waals surface area contributed by atoms with Gasteiger partial charge in [-0.3, -0.25) is 9.48 Å². The lowest BCUT2D eigenvalue weighted by Gasteiger charge is -2.23. The molecule has 0 unspecified atom stereocenters. The van der Waals surface area contributed by atoms with Crippen LogP contribution in [0.5, 0.6) is 0 Å². The monoisotopic (exact) mass is 353 g/mol. The summed E-state index contributed by atoms with van der Waals surface area (Å²) in [6.07, 6.45) is 3.23. The first-order valence-electron chi connectivity index (χ1n) is 8.72. The molecule has 134 valence electrons. The summed E-state index contributed by atoms with van der Waals surface area (Å²) in [5.74, 6) is -0.720. The summed E-state index contributed by atoms with van der Waals surface area (Å²) in [5.41, 5.74) is 2.27. The van der Waals surface area contributed by atoms with Crippen LogP contribution in [0.1, 0.15) is 23.3 Å². The van der Waals surface area contributed by atoms with E-state index >= 15 is 0 Å². The summed E-state index contributed by atoms with van der Waals surface area (Å²) >= 11 is 0. The topological polar surface area (TPSA) is 71.8 Å². The van der Waals surface area contributed by atoms with E-state index in [9.17, 15) is 9.18 Å². The highest BCUT2D eigenvalue weighted by atomic mass is 19.1. The maximum atomic E-state index is 14.0. The van der Waals surface area contributed by atoms with Gasteiger partial charge in [-0.15, -0.1) is 0 Å². The number of aryl methyl sites for hydroxylation is 1. The molecule has 0 atom stereocenters. The van der Waals surface area contributed by atoms with Crippen molar-refractivity contribution in [2.24, 2.45) is 7.05 Å². The lowest BCUT2D eigenvalue weighted by atomic mass is 10.0. The number of amides is 1. The predicted octanol–water partition coefficient (Wildman–Crippen LogP) is 2.26. The van der Waals surface area contributed by atoms with E-state index in [0.29, 0.717) is 22.2 Å². The second-order valence-electron chi connectivity index (χ2n) is 6.54. The normalized spacial score (nSPS) is 15.3. The maximum absolute atomic E-state index is 14.0. The number of halogens is 1. The summed E-state index contributed by atoms with van der Waals surface area (Å²) in [5, 5.41) is 11.5. The number of benzene rings is 1. The van der Waals surface area contributed by atoms with Crippen molar-refractivity contribution in [3.8, 4) is 11.1 Å². The number of rotatable bonds is 3. The number of piperidine rings is 1. The molecule has 4 rings (SSSR count). The molecule has 1 aliphatic rings. The van der Waals surface area contributed by atoms with E-state index in [1.54, 1.807) is 29.9 Å². The van der Waals surface area contributed by atoms with Gasteiger partial charge in [0.1, 0.15) is 0 Å². The summed E-state index contributed by atoms with van der Waals surface area (Å²) in [6, 6.07) is 8.99. The number of carbonyl (C=O) groups excluding carboxylic acids is 1. The Morgan fingerprint density at radius 2 is 2.12 bits per heavy atom. The summed E-state index contributed by atoms with van der Waals surface area (Å²) in [4.78, 5) is 16.5. The molecule has 1 aromatic carbocycles. The molecule has 3 aromatic rings. The van der Waals surface area contributed by atoms with E-state index in [0.717, 1.165) is 31.4 Å². The minimum atomic E-state index is -0.531. The first-order valence-corrected chi connectivity index (χ1v) is 8.72. The predicted molar refractivity (Wildman–Crippen MR) is 97.3 cm³/mol. The van der Waals surface area contributed by atoms with Crippen molar-refractivity contribution in [3.05, 3.63) is 48.2 Å². The van der Waals surface area contributed by atoms with Crippen molar-refractivity contribution in [1.82, 2.24) is 25.4 Å². The van der Waals surface area contributed by atoms with Gasteiger partial charge in [-0.05, 0) is 55.8 Å². The van der Waals surface area contributed by atoms with E-state index in [1.807, 2.05) is 12.1 Å². The standard InChI is InChI=1S/C19H20FN5O/c1-25-16-5-4-12(14-3-2-8-22-18(14)20)11-15(16)17(24-25)19(26)23-13-6-9-21-10-7-13/h2-5,8,11,13,21H,6-7,9-10H2,1H3,(H,23,26). The van der Waals surface area contributed by atoms with Crippen molar-refractivity contribution >= 4 is 16.8 Å². The molecule has 7 heteroatoms. The number of nitrogens with zero attached hydrogens (tertiary/aromatic N) is 3. The number of carbonyl (C=O) groups is 1. The quantitative estimate of drug-likeness (QED) is 0.709. The van der Waals surface area contributed by atoms with Gasteiger partial charge in [0.25, 0.3) is 5.91 Å². The number of pyridine rings is 1. The van der Waals surface area contributed by atoms with Crippen LogP contribution in [0.15, 0.2) is 36.5 Å². The zero-order valence-corrected chi connectivity index (χ0v) is 14.5. The van der Waals surface area contributed by atoms with Crippen LogP contribution in [0.3, 0.4) is 0 Å². The lowest BCUT2D eigenvalue weighted by molar-refractivity contribution is 0.0925. The molecule has 0 spiro atoms. The van der Waals surface area contributed by atoms with Crippen LogP contribution in [0.4, 0.5) is 4.39 Å². The zero-order chi connectivity index (χ0) is 18.1. The van der Waals surface area contributed by atoms with Crippen LogP contribution in [-0.2, 0) is 7.05 Å². The minimum Gasteiger partial charge on any atom is -0.348 e. The van der Waals surface area contributed by atoms with Gasteiger partial charge in [-0.1, -0.05) is 6.07 Å². The maximum Gasteiger partial charge on any atom is 0.272 e. The largest absolute Gasteiger partial charge is 0.348 e. The van der Waals surface area contributed by atoms with Crippen LogP contribution in [0.2, 0.25) is 0 Å². The Labute approximate surface area is 150 Å². The number of aromatic nitrogens is 3. The fourth-order valence-electron chi connectivity index (χ4n) is 3.42. The Kier molecular flexibility index (Phi) is 4.38. The molecule has 0 aliphatic carbocycles. The molecule has 6 nitrogen and oxygen atoms in total. The van der Waals surface area contributed by atoms with E-state index < -0.39 is 5.95 Å². The van der Waals surface area contributed by atoms with E-state index in [1.165, 1.54) is 6.20 Å². The van der Waals surface area contributed by atoms with Gasteiger partial charge >= 0.3 is 0 Å². The Bertz CT molecular complexity index is 962. The molecule has 0 saturated carbocycles. The molecule has 1 aliphatic heterocycles. The summed E-state index contributed by atoms with van der Waals surface area (Å²) < 4.78 is 15.7. The van der Waals surface area contributed by atoms with Gasteiger partial charge in [0.05, 0.1) is 5.52 Å². The number of hydrogen-bond acceptors (Lipinski definition) is 4. The van der Waals surface area contributed by atoms with Crippen LogP contribution < -0.4 is 10.6 Å². The highest BCUT2D eigenvalue weighted by Crippen LogP contribution is 2.27. The number of hydrogen-bond donors (Lipinski definition) is 2. The van der Waals surface area contributed by atoms with E-state index in [4.69, 9.17) is 0 Å². The summed E-state index contributed by atoms with van der Waals surface area (Å²) in [6.45, 7) is 1.80. The Hall–Kier alpha value is -2.80.